The number of sulfonamides is 1. The summed E-state index contributed by atoms with van der Waals surface area (Å²) in [7, 11) is -4.43. The zero-order valence-corrected chi connectivity index (χ0v) is 15.3. The van der Waals surface area contributed by atoms with Gasteiger partial charge >= 0.3 is 5.97 Å². The summed E-state index contributed by atoms with van der Waals surface area (Å²) in [6.07, 6.45) is 1.99. The molecule has 0 aliphatic heterocycles. The average Bonchev–Trinajstić information content (AvgIpc) is 2.84. The number of fused-ring (bicyclic) bond motifs is 2. The third-order valence-electron chi connectivity index (χ3n) is 5.51. The van der Waals surface area contributed by atoms with Gasteiger partial charge in [0.15, 0.2) is 0 Å². The minimum Gasteiger partial charge on any atom is -0.478 e. The Balaban J connectivity index is 1.80. The third-order valence-corrected chi connectivity index (χ3v) is 6.92. The highest BCUT2D eigenvalue weighted by Gasteiger charge is 2.51. The van der Waals surface area contributed by atoms with E-state index in [4.69, 9.17) is 0 Å². The highest BCUT2D eigenvalue weighted by Crippen LogP contribution is 2.51. The fourth-order valence-corrected chi connectivity index (χ4v) is 5.10. The molecule has 2 aromatic carbocycles. The SMILES string of the molecule is O=C(O)c1cc(NS(=O)(=O)c2ccc(F)cc2F)cc2c1CC(=O)C21CCC1. The number of rotatable bonds is 4. The number of carboxylic acid groups (broad SMARTS) is 1. The van der Waals surface area contributed by atoms with Crippen LogP contribution in [0.3, 0.4) is 0 Å². The van der Waals surface area contributed by atoms with Crippen LogP contribution in [0.15, 0.2) is 35.2 Å². The number of carbonyl (C=O) groups is 2. The van der Waals surface area contributed by atoms with Crippen molar-refractivity contribution >= 4 is 27.5 Å². The third kappa shape index (κ3) is 2.69. The lowest BCUT2D eigenvalue weighted by Gasteiger charge is -2.37. The molecule has 1 fully saturated rings. The van der Waals surface area contributed by atoms with Gasteiger partial charge in [-0.1, -0.05) is 6.42 Å². The van der Waals surface area contributed by atoms with Gasteiger partial charge in [0.05, 0.1) is 16.7 Å². The molecular formula is C19H15F2NO5S. The van der Waals surface area contributed by atoms with Gasteiger partial charge in [-0.25, -0.2) is 22.0 Å². The van der Waals surface area contributed by atoms with Crippen LogP contribution in [0.4, 0.5) is 14.5 Å². The molecule has 0 amide bonds. The van der Waals surface area contributed by atoms with E-state index in [-0.39, 0.29) is 23.5 Å². The second kappa shape index (κ2) is 6.10. The number of benzene rings is 2. The molecule has 146 valence electrons. The van der Waals surface area contributed by atoms with E-state index < -0.39 is 37.9 Å². The van der Waals surface area contributed by atoms with Crippen molar-refractivity contribution in [3.63, 3.8) is 0 Å². The Hall–Kier alpha value is -2.81. The summed E-state index contributed by atoms with van der Waals surface area (Å²) in [5.74, 6) is -3.54. The molecule has 0 aromatic heterocycles. The molecule has 1 saturated carbocycles. The summed E-state index contributed by atoms with van der Waals surface area (Å²) in [4.78, 5) is 23.4. The Morgan fingerprint density at radius 3 is 2.43 bits per heavy atom. The van der Waals surface area contributed by atoms with Crippen LogP contribution in [0, 0.1) is 11.6 Å². The maximum Gasteiger partial charge on any atom is 0.336 e. The second-order valence-corrected chi connectivity index (χ2v) is 8.72. The van der Waals surface area contributed by atoms with Gasteiger partial charge in [0.1, 0.15) is 22.3 Å². The van der Waals surface area contributed by atoms with Crippen LogP contribution in [-0.2, 0) is 26.7 Å². The van der Waals surface area contributed by atoms with E-state index in [1.54, 1.807) is 0 Å². The number of hydrogen-bond acceptors (Lipinski definition) is 4. The standard InChI is InChI=1S/C19H15F2NO5S/c20-10-2-3-16(15(21)6-10)28(26,27)22-11-7-13(18(24)25)12-9-17(23)19(4-1-5-19)14(12)8-11/h2-3,6-8,22H,1,4-5,9H2,(H,24,25). The molecule has 0 bridgehead atoms. The summed E-state index contributed by atoms with van der Waals surface area (Å²) in [5, 5.41) is 9.52. The first-order chi connectivity index (χ1) is 13.1. The summed E-state index contributed by atoms with van der Waals surface area (Å²) >= 11 is 0. The van der Waals surface area contributed by atoms with Crippen LogP contribution < -0.4 is 4.72 Å². The molecule has 2 aliphatic rings. The van der Waals surface area contributed by atoms with Crippen molar-refractivity contribution in [2.45, 2.75) is 36.0 Å². The van der Waals surface area contributed by atoms with Crippen LogP contribution in [0.5, 0.6) is 0 Å². The van der Waals surface area contributed by atoms with Crippen LogP contribution in [0.25, 0.3) is 0 Å². The van der Waals surface area contributed by atoms with Gasteiger partial charge in [-0.05, 0) is 48.2 Å². The molecule has 0 heterocycles. The first-order valence-corrected chi connectivity index (χ1v) is 10.0. The molecule has 0 radical (unpaired) electrons. The van der Waals surface area contributed by atoms with E-state index in [0.29, 0.717) is 30.0 Å². The molecule has 9 heteroatoms. The Kier molecular flexibility index (Phi) is 4.04. The topological polar surface area (TPSA) is 101 Å². The predicted octanol–water partition coefficient (Wildman–Crippen LogP) is 3.01. The summed E-state index contributed by atoms with van der Waals surface area (Å²) in [6, 6.07) is 4.61. The normalized spacial score (nSPS) is 17.3. The summed E-state index contributed by atoms with van der Waals surface area (Å²) < 4.78 is 54.2. The molecule has 0 unspecified atom stereocenters. The van der Waals surface area contributed by atoms with E-state index >= 15 is 0 Å². The van der Waals surface area contributed by atoms with Crippen molar-refractivity contribution in [1.82, 2.24) is 0 Å². The number of anilines is 1. The van der Waals surface area contributed by atoms with Crippen molar-refractivity contribution in [3.05, 3.63) is 58.7 Å². The number of aromatic carboxylic acids is 1. The zero-order valence-electron chi connectivity index (χ0n) is 14.5. The fraction of sp³-hybridized carbons (Fsp3) is 0.263. The Labute approximate surface area is 159 Å². The molecule has 2 N–H and O–H groups in total. The largest absolute Gasteiger partial charge is 0.478 e. The van der Waals surface area contributed by atoms with Crippen molar-refractivity contribution in [1.29, 1.82) is 0 Å². The quantitative estimate of drug-likeness (QED) is 0.812. The molecular weight excluding hydrogens is 392 g/mol. The van der Waals surface area contributed by atoms with Crippen LogP contribution in [0.1, 0.15) is 40.7 Å². The molecule has 28 heavy (non-hydrogen) atoms. The molecule has 0 saturated heterocycles. The minimum absolute atomic E-state index is 0.00339. The molecule has 4 rings (SSSR count). The van der Waals surface area contributed by atoms with Gasteiger partial charge in [0.25, 0.3) is 10.0 Å². The van der Waals surface area contributed by atoms with Crippen molar-refractivity contribution in [3.8, 4) is 0 Å². The number of ketones is 1. The van der Waals surface area contributed by atoms with Gasteiger partial charge in [-0.3, -0.25) is 9.52 Å². The number of carboxylic acids is 1. The first kappa shape index (κ1) is 18.5. The van der Waals surface area contributed by atoms with E-state index in [1.807, 2.05) is 0 Å². The lowest BCUT2D eigenvalue weighted by Crippen LogP contribution is -2.39. The molecule has 1 spiro atoms. The number of carbonyl (C=O) groups excluding carboxylic acids is 1. The Bertz CT molecular complexity index is 1140. The van der Waals surface area contributed by atoms with Gasteiger partial charge in [0.2, 0.25) is 0 Å². The predicted molar refractivity (Wildman–Crippen MR) is 94.8 cm³/mol. The smallest absolute Gasteiger partial charge is 0.336 e. The highest BCUT2D eigenvalue weighted by atomic mass is 32.2. The number of halogens is 2. The van der Waals surface area contributed by atoms with E-state index in [2.05, 4.69) is 4.72 Å². The summed E-state index contributed by atoms with van der Waals surface area (Å²) in [6.45, 7) is 0. The van der Waals surface area contributed by atoms with Gasteiger partial charge in [0, 0.05) is 12.5 Å². The molecule has 2 aliphatic carbocycles. The lowest BCUT2D eigenvalue weighted by atomic mass is 9.64. The van der Waals surface area contributed by atoms with Crippen molar-refractivity contribution < 1.29 is 31.9 Å². The molecule has 0 atom stereocenters. The van der Waals surface area contributed by atoms with Gasteiger partial charge in [-0.15, -0.1) is 0 Å². The van der Waals surface area contributed by atoms with E-state index in [1.165, 1.54) is 6.07 Å². The fourth-order valence-electron chi connectivity index (χ4n) is 4.00. The molecule has 6 nitrogen and oxygen atoms in total. The van der Waals surface area contributed by atoms with E-state index in [0.717, 1.165) is 24.6 Å². The van der Waals surface area contributed by atoms with Crippen molar-refractivity contribution in [2.75, 3.05) is 4.72 Å². The monoisotopic (exact) mass is 407 g/mol. The number of nitrogens with one attached hydrogen (secondary N) is 1. The van der Waals surface area contributed by atoms with Gasteiger partial charge in [-0.2, -0.15) is 0 Å². The maximum absolute atomic E-state index is 13.9. The summed E-state index contributed by atoms with van der Waals surface area (Å²) in [5.41, 5.74) is -0.0935. The Morgan fingerprint density at radius 1 is 1.14 bits per heavy atom. The van der Waals surface area contributed by atoms with Crippen molar-refractivity contribution in [2.24, 2.45) is 0 Å². The number of hydrogen-bond donors (Lipinski definition) is 2. The molecule has 2 aromatic rings. The number of Topliss-reactive ketones (excluding diaryl/α,β-unsaturated/α-hetero) is 1. The first-order valence-electron chi connectivity index (χ1n) is 8.56. The average molecular weight is 407 g/mol. The highest BCUT2D eigenvalue weighted by molar-refractivity contribution is 7.92. The Morgan fingerprint density at radius 2 is 1.86 bits per heavy atom. The van der Waals surface area contributed by atoms with E-state index in [9.17, 15) is 31.9 Å². The lowest BCUT2D eigenvalue weighted by molar-refractivity contribution is -0.125. The minimum atomic E-state index is -4.43. The van der Waals surface area contributed by atoms with Crippen LogP contribution >= 0.6 is 0 Å². The van der Waals surface area contributed by atoms with Crippen LogP contribution in [0.2, 0.25) is 0 Å². The second-order valence-electron chi connectivity index (χ2n) is 7.07. The van der Waals surface area contributed by atoms with Crippen LogP contribution in [-0.4, -0.2) is 25.3 Å². The maximum atomic E-state index is 13.9. The van der Waals surface area contributed by atoms with Gasteiger partial charge < -0.3 is 5.11 Å². The zero-order chi connectivity index (χ0) is 20.3.